The third-order valence-corrected chi connectivity index (χ3v) is 4.88. The molecule has 3 rings (SSSR count). The van der Waals surface area contributed by atoms with E-state index in [0.29, 0.717) is 26.9 Å². The normalized spacial score (nSPS) is 15.8. The number of hydrogen-bond acceptors (Lipinski definition) is 5. The predicted octanol–water partition coefficient (Wildman–Crippen LogP) is 3.98. The van der Waals surface area contributed by atoms with Gasteiger partial charge in [-0.1, -0.05) is 15.9 Å². The topological polar surface area (TPSA) is 95.9 Å². The second kappa shape index (κ2) is 8.15. The number of barbiturate groups is 1. The zero-order valence-electron chi connectivity index (χ0n) is 14.5. The summed E-state index contributed by atoms with van der Waals surface area (Å²) in [4.78, 5) is 38.3. The molecule has 2 aromatic carbocycles. The van der Waals surface area contributed by atoms with Crippen LogP contribution in [0.2, 0.25) is 0 Å². The summed E-state index contributed by atoms with van der Waals surface area (Å²) in [6.45, 7) is 2.20. The average molecular weight is 510 g/mol. The van der Waals surface area contributed by atoms with Crippen LogP contribution in [0.4, 0.5) is 10.5 Å². The molecule has 0 aliphatic carbocycles. The van der Waals surface area contributed by atoms with Crippen molar-refractivity contribution in [3.05, 3.63) is 56.5 Å². The van der Waals surface area contributed by atoms with E-state index in [1.807, 2.05) is 6.92 Å². The fourth-order valence-electron chi connectivity index (χ4n) is 2.63. The summed E-state index contributed by atoms with van der Waals surface area (Å²) in [6.07, 6.45) is 1.37. The van der Waals surface area contributed by atoms with Gasteiger partial charge in [0.25, 0.3) is 11.8 Å². The van der Waals surface area contributed by atoms with Crippen molar-refractivity contribution in [2.45, 2.75) is 6.92 Å². The molecule has 9 heteroatoms. The molecular formula is C19H14Br2N2O5. The Morgan fingerprint density at radius 1 is 1.14 bits per heavy atom. The molecule has 0 spiro atoms. The van der Waals surface area contributed by atoms with E-state index in [4.69, 9.17) is 4.74 Å². The highest BCUT2D eigenvalue weighted by atomic mass is 79.9. The van der Waals surface area contributed by atoms with Crippen LogP contribution in [0.5, 0.6) is 11.5 Å². The quantitative estimate of drug-likeness (QED) is 0.480. The number of imide groups is 2. The van der Waals surface area contributed by atoms with Crippen LogP contribution in [0.15, 0.2) is 50.9 Å². The van der Waals surface area contributed by atoms with Gasteiger partial charge in [-0.15, -0.1) is 0 Å². The minimum atomic E-state index is -0.863. The number of aromatic hydroxyl groups is 1. The first kappa shape index (κ1) is 20.1. The molecule has 0 radical (unpaired) electrons. The number of halogens is 2. The Labute approximate surface area is 177 Å². The summed E-state index contributed by atoms with van der Waals surface area (Å²) in [6, 6.07) is 8.11. The van der Waals surface area contributed by atoms with E-state index in [0.717, 1.165) is 4.90 Å². The van der Waals surface area contributed by atoms with Crippen molar-refractivity contribution in [1.29, 1.82) is 0 Å². The largest absolute Gasteiger partial charge is 0.508 e. The molecular weight excluding hydrogens is 496 g/mol. The van der Waals surface area contributed by atoms with E-state index in [-0.39, 0.29) is 17.0 Å². The van der Waals surface area contributed by atoms with Crippen molar-refractivity contribution in [2.75, 3.05) is 11.5 Å². The lowest BCUT2D eigenvalue weighted by Crippen LogP contribution is -2.54. The molecule has 7 nitrogen and oxygen atoms in total. The van der Waals surface area contributed by atoms with E-state index >= 15 is 0 Å². The van der Waals surface area contributed by atoms with Gasteiger partial charge in [0.05, 0.1) is 16.8 Å². The van der Waals surface area contributed by atoms with Gasteiger partial charge in [0.1, 0.15) is 17.1 Å². The number of nitrogens with one attached hydrogen (secondary N) is 1. The lowest BCUT2D eigenvalue weighted by Gasteiger charge is -2.26. The molecule has 1 fully saturated rings. The van der Waals surface area contributed by atoms with E-state index in [9.17, 15) is 19.5 Å². The van der Waals surface area contributed by atoms with Crippen LogP contribution >= 0.6 is 31.9 Å². The van der Waals surface area contributed by atoms with Crippen molar-refractivity contribution in [2.24, 2.45) is 0 Å². The number of rotatable bonds is 4. The minimum absolute atomic E-state index is 0.0131. The van der Waals surface area contributed by atoms with Gasteiger partial charge in [0.15, 0.2) is 0 Å². The van der Waals surface area contributed by atoms with E-state index < -0.39 is 17.8 Å². The molecule has 144 valence electrons. The first-order valence-electron chi connectivity index (χ1n) is 8.14. The second-order valence-corrected chi connectivity index (χ2v) is 7.48. The zero-order valence-corrected chi connectivity index (χ0v) is 17.7. The average Bonchev–Trinajstić information content (AvgIpc) is 2.62. The van der Waals surface area contributed by atoms with Crippen molar-refractivity contribution < 1.29 is 24.2 Å². The molecule has 4 amide bonds. The third kappa shape index (κ3) is 3.95. The molecule has 0 aromatic heterocycles. The van der Waals surface area contributed by atoms with Gasteiger partial charge in [0, 0.05) is 10.0 Å². The van der Waals surface area contributed by atoms with Crippen LogP contribution in [0.25, 0.3) is 6.08 Å². The number of hydrogen-bond donors (Lipinski definition) is 2. The molecule has 1 aliphatic heterocycles. The van der Waals surface area contributed by atoms with Gasteiger partial charge >= 0.3 is 6.03 Å². The third-order valence-electron chi connectivity index (χ3n) is 3.84. The van der Waals surface area contributed by atoms with Crippen LogP contribution in [-0.4, -0.2) is 29.6 Å². The van der Waals surface area contributed by atoms with Gasteiger partial charge in [-0.05, 0) is 65.3 Å². The SMILES string of the molecule is CCOc1c(Br)cc(Br)cc1/C=C1\C(=O)NC(=O)N(c2ccc(O)cc2)C1=O. The Bertz CT molecular complexity index is 1000. The maximum Gasteiger partial charge on any atom is 0.335 e. The second-order valence-electron chi connectivity index (χ2n) is 5.71. The van der Waals surface area contributed by atoms with E-state index in [1.54, 1.807) is 12.1 Å². The van der Waals surface area contributed by atoms with Crippen molar-refractivity contribution in [3.63, 3.8) is 0 Å². The van der Waals surface area contributed by atoms with Crippen molar-refractivity contribution in [1.82, 2.24) is 5.32 Å². The number of amides is 4. The zero-order chi connectivity index (χ0) is 20.4. The van der Waals surface area contributed by atoms with Crippen LogP contribution < -0.4 is 15.0 Å². The minimum Gasteiger partial charge on any atom is -0.508 e. The molecule has 2 N–H and O–H groups in total. The summed E-state index contributed by atoms with van der Waals surface area (Å²) in [7, 11) is 0. The Morgan fingerprint density at radius 2 is 1.82 bits per heavy atom. The number of phenolic OH excluding ortho intramolecular Hbond substituents is 1. The lowest BCUT2D eigenvalue weighted by molar-refractivity contribution is -0.122. The van der Waals surface area contributed by atoms with Crippen LogP contribution in [0.3, 0.4) is 0 Å². The number of anilines is 1. The molecule has 1 aliphatic rings. The Hall–Kier alpha value is -2.65. The molecule has 1 heterocycles. The van der Waals surface area contributed by atoms with E-state index in [1.165, 1.54) is 30.3 Å². The van der Waals surface area contributed by atoms with Crippen LogP contribution in [-0.2, 0) is 9.59 Å². The highest BCUT2D eigenvalue weighted by Crippen LogP contribution is 2.35. The lowest BCUT2D eigenvalue weighted by atomic mass is 10.1. The number of urea groups is 1. The van der Waals surface area contributed by atoms with Crippen LogP contribution in [0, 0.1) is 0 Å². The first-order chi connectivity index (χ1) is 13.3. The summed E-state index contributed by atoms with van der Waals surface area (Å²) >= 11 is 6.77. The molecule has 28 heavy (non-hydrogen) atoms. The number of carbonyl (C=O) groups is 3. The monoisotopic (exact) mass is 508 g/mol. The smallest absolute Gasteiger partial charge is 0.335 e. The molecule has 1 saturated heterocycles. The van der Waals surface area contributed by atoms with Gasteiger partial charge < -0.3 is 9.84 Å². The van der Waals surface area contributed by atoms with Crippen molar-refractivity contribution in [3.8, 4) is 11.5 Å². The summed E-state index contributed by atoms with van der Waals surface area (Å²) in [5.41, 5.74) is 0.486. The van der Waals surface area contributed by atoms with Gasteiger partial charge in [-0.3, -0.25) is 14.9 Å². The maximum atomic E-state index is 12.9. The molecule has 0 bridgehead atoms. The Balaban J connectivity index is 2.08. The van der Waals surface area contributed by atoms with Crippen molar-refractivity contribution >= 4 is 61.5 Å². The molecule has 0 unspecified atom stereocenters. The highest BCUT2D eigenvalue weighted by molar-refractivity contribution is 9.11. The Kier molecular flexibility index (Phi) is 5.85. The number of ether oxygens (including phenoxy) is 1. The van der Waals surface area contributed by atoms with Gasteiger partial charge in [-0.25, -0.2) is 9.69 Å². The fraction of sp³-hybridized carbons (Fsp3) is 0.105. The van der Waals surface area contributed by atoms with E-state index in [2.05, 4.69) is 37.2 Å². The van der Waals surface area contributed by atoms with Gasteiger partial charge in [0.2, 0.25) is 0 Å². The molecule has 0 saturated carbocycles. The Morgan fingerprint density at radius 3 is 2.46 bits per heavy atom. The fourth-order valence-corrected chi connectivity index (χ4v) is 4.01. The number of nitrogens with zero attached hydrogens (tertiary/aromatic N) is 1. The summed E-state index contributed by atoms with van der Waals surface area (Å²) in [5.74, 6) is -1.13. The first-order valence-corrected chi connectivity index (χ1v) is 9.72. The molecule has 2 aromatic rings. The number of carbonyl (C=O) groups excluding carboxylic acids is 3. The van der Waals surface area contributed by atoms with Gasteiger partial charge in [-0.2, -0.15) is 0 Å². The summed E-state index contributed by atoms with van der Waals surface area (Å²) < 4.78 is 6.97. The predicted molar refractivity (Wildman–Crippen MR) is 110 cm³/mol. The summed E-state index contributed by atoms with van der Waals surface area (Å²) in [5, 5.41) is 11.6. The number of benzene rings is 2. The maximum absolute atomic E-state index is 12.9. The highest BCUT2D eigenvalue weighted by Gasteiger charge is 2.37. The standard InChI is InChI=1S/C19H14Br2N2O5/c1-2-28-16-10(7-11(20)9-15(16)21)8-14-17(25)22-19(27)23(18(14)26)12-3-5-13(24)6-4-12/h3-9,24H,2H2,1H3,(H,22,25,27)/b14-8+. The van der Waals surface area contributed by atoms with Crippen LogP contribution in [0.1, 0.15) is 12.5 Å². The molecule has 0 atom stereocenters. The number of phenols is 1.